The summed E-state index contributed by atoms with van der Waals surface area (Å²) < 4.78 is 0. The smallest absolute Gasteiger partial charge is 0.241 e. The van der Waals surface area contributed by atoms with E-state index in [2.05, 4.69) is 28.2 Å². The molecule has 5 heteroatoms. The maximum Gasteiger partial charge on any atom is 0.241 e. The first-order valence-electron chi connectivity index (χ1n) is 6.84. The van der Waals surface area contributed by atoms with Crippen molar-refractivity contribution in [3.8, 4) is 6.07 Å². The highest BCUT2D eigenvalue weighted by atomic mass is 16.2. The zero-order chi connectivity index (χ0) is 14.5. The van der Waals surface area contributed by atoms with Crippen molar-refractivity contribution < 1.29 is 4.79 Å². The van der Waals surface area contributed by atoms with E-state index in [4.69, 9.17) is 5.26 Å². The van der Waals surface area contributed by atoms with Gasteiger partial charge < -0.3 is 10.2 Å². The molecule has 1 aromatic carbocycles. The van der Waals surface area contributed by atoms with Crippen LogP contribution in [0.15, 0.2) is 24.3 Å². The molecule has 0 aliphatic carbocycles. The van der Waals surface area contributed by atoms with Crippen molar-refractivity contribution in [2.45, 2.75) is 13.0 Å². The minimum Gasteiger partial charge on any atom is -0.325 e. The summed E-state index contributed by atoms with van der Waals surface area (Å²) in [5.74, 6) is -0.0235. The average molecular weight is 272 g/mol. The molecule has 0 radical (unpaired) electrons. The molecule has 106 valence electrons. The van der Waals surface area contributed by atoms with E-state index in [0.717, 1.165) is 26.2 Å². The molecule has 5 nitrogen and oxygen atoms in total. The van der Waals surface area contributed by atoms with Gasteiger partial charge in [-0.05, 0) is 32.2 Å². The van der Waals surface area contributed by atoms with E-state index in [9.17, 15) is 4.79 Å². The number of anilines is 1. The van der Waals surface area contributed by atoms with Gasteiger partial charge in [-0.15, -0.1) is 0 Å². The fourth-order valence-corrected chi connectivity index (χ4v) is 2.29. The highest BCUT2D eigenvalue weighted by Gasteiger charge is 2.24. The summed E-state index contributed by atoms with van der Waals surface area (Å²) in [4.78, 5) is 16.7. The monoisotopic (exact) mass is 272 g/mol. The molecule has 1 aliphatic heterocycles. The van der Waals surface area contributed by atoms with Gasteiger partial charge in [0.1, 0.15) is 0 Å². The number of carbonyl (C=O) groups excluding carboxylic acids is 1. The lowest BCUT2D eigenvalue weighted by Crippen LogP contribution is -2.51. The Labute approximate surface area is 119 Å². The molecule has 0 spiro atoms. The van der Waals surface area contributed by atoms with Crippen molar-refractivity contribution in [3.63, 3.8) is 0 Å². The molecule has 1 heterocycles. The van der Waals surface area contributed by atoms with Crippen molar-refractivity contribution in [2.75, 3.05) is 38.5 Å². The Morgan fingerprint density at radius 1 is 1.35 bits per heavy atom. The zero-order valence-electron chi connectivity index (χ0n) is 12.0. The van der Waals surface area contributed by atoms with Crippen molar-refractivity contribution >= 4 is 11.6 Å². The molecule has 1 amide bonds. The van der Waals surface area contributed by atoms with Gasteiger partial charge in [-0.3, -0.25) is 9.69 Å². The maximum atomic E-state index is 12.2. The van der Waals surface area contributed by atoms with Gasteiger partial charge in [-0.1, -0.05) is 6.07 Å². The quantitative estimate of drug-likeness (QED) is 0.896. The summed E-state index contributed by atoms with van der Waals surface area (Å²) in [6, 6.07) is 8.90. The number of piperazine rings is 1. The number of amides is 1. The Morgan fingerprint density at radius 3 is 2.70 bits per heavy atom. The zero-order valence-corrected chi connectivity index (χ0v) is 12.0. The minimum atomic E-state index is -0.158. The van der Waals surface area contributed by atoms with E-state index in [1.54, 1.807) is 24.3 Å². The predicted molar refractivity (Wildman–Crippen MR) is 78.3 cm³/mol. The normalized spacial score (nSPS) is 18.2. The van der Waals surface area contributed by atoms with Crippen LogP contribution in [-0.4, -0.2) is 55.0 Å². The van der Waals surface area contributed by atoms with Gasteiger partial charge in [-0.25, -0.2) is 0 Å². The molecule has 1 aliphatic rings. The second-order valence-electron chi connectivity index (χ2n) is 5.20. The third-order valence-corrected chi connectivity index (χ3v) is 3.72. The van der Waals surface area contributed by atoms with Gasteiger partial charge in [0, 0.05) is 31.9 Å². The van der Waals surface area contributed by atoms with Gasteiger partial charge in [-0.2, -0.15) is 5.26 Å². The molecule has 0 saturated carbocycles. The van der Waals surface area contributed by atoms with Crippen LogP contribution < -0.4 is 5.32 Å². The minimum absolute atomic E-state index is 0.0235. The van der Waals surface area contributed by atoms with E-state index in [0.29, 0.717) is 11.3 Å². The molecule has 1 N–H and O–H groups in total. The van der Waals surface area contributed by atoms with Crippen LogP contribution in [0.5, 0.6) is 0 Å². The molecule has 1 saturated heterocycles. The largest absolute Gasteiger partial charge is 0.325 e. The first-order valence-corrected chi connectivity index (χ1v) is 6.84. The summed E-state index contributed by atoms with van der Waals surface area (Å²) >= 11 is 0. The first-order chi connectivity index (χ1) is 9.60. The van der Waals surface area contributed by atoms with E-state index < -0.39 is 0 Å². The molecule has 20 heavy (non-hydrogen) atoms. The van der Waals surface area contributed by atoms with Crippen molar-refractivity contribution in [3.05, 3.63) is 29.8 Å². The van der Waals surface area contributed by atoms with E-state index in [1.165, 1.54) is 0 Å². The molecule has 1 atom stereocenters. The molecule has 0 aromatic heterocycles. The lowest BCUT2D eigenvalue weighted by atomic mass is 10.2. The second kappa shape index (κ2) is 6.51. The van der Waals surface area contributed by atoms with Crippen LogP contribution in [0, 0.1) is 11.3 Å². The third kappa shape index (κ3) is 3.56. The SMILES string of the molecule is CC(C(=O)Nc1cccc(C#N)c1)N1CCN(C)CC1. The summed E-state index contributed by atoms with van der Waals surface area (Å²) in [5, 5.41) is 11.7. The predicted octanol–water partition coefficient (Wildman–Crippen LogP) is 1.13. The number of hydrogen-bond acceptors (Lipinski definition) is 4. The Hall–Kier alpha value is -1.90. The van der Waals surface area contributed by atoms with Crippen molar-refractivity contribution in [1.29, 1.82) is 5.26 Å². The van der Waals surface area contributed by atoms with Crippen molar-refractivity contribution in [2.24, 2.45) is 0 Å². The summed E-state index contributed by atoms with van der Waals surface area (Å²) in [6.07, 6.45) is 0. The van der Waals surface area contributed by atoms with E-state index in [1.807, 2.05) is 6.92 Å². The molecule has 0 bridgehead atoms. The molecular formula is C15H20N4O. The van der Waals surface area contributed by atoms with E-state index >= 15 is 0 Å². The Morgan fingerprint density at radius 2 is 2.05 bits per heavy atom. The fourth-order valence-electron chi connectivity index (χ4n) is 2.29. The van der Waals surface area contributed by atoms with Crippen LogP contribution in [0.4, 0.5) is 5.69 Å². The van der Waals surface area contributed by atoms with Gasteiger partial charge in [0.15, 0.2) is 0 Å². The maximum absolute atomic E-state index is 12.2. The number of nitrogens with zero attached hydrogens (tertiary/aromatic N) is 3. The average Bonchev–Trinajstić information content (AvgIpc) is 2.47. The number of likely N-dealkylation sites (N-methyl/N-ethyl adjacent to an activating group) is 1. The topological polar surface area (TPSA) is 59.4 Å². The van der Waals surface area contributed by atoms with Crippen LogP contribution in [0.1, 0.15) is 12.5 Å². The molecule has 1 fully saturated rings. The molecule has 2 rings (SSSR count). The van der Waals surface area contributed by atoms with Crippen molar-refractivity contribution in [1.82, 2.24) is 9.80 Å². The van der Waals surface area contributed by atoms with Gasteiger partial charge in [0.25, 0.3) is 0 Å². The molecule has 1 unspecified atom stereocenters. The first kappa shape index (κ1) is 14.5. The third-order valence-electron chi connectivity index (χ3n) is 3.72. The number of benzene rings is 1. The Kier molecular flexibility index (Phi) is 4.72. The van der Waals surface area contributed by atoms with Crippen LogP contribution in [0.25, 0.3) is 0 Å². The van der Waals surface area contributed by atoms with Gasteiger partial charge in [0.05, 0.1) is 17.7 Å². The van der Waals surface area contributed by atoms with Crippen LogP contribution in [-0.2, 0) is 4.79 Å². The summed E-state index contributed by atoms with van der Waals surface area (Å²) in [5.41, 5.74) is 1.23. The standard InChI is InChI=1S/C15H20N4O/c1-12(19-8-6-18(2)7-9-19)15(20)17-14-5-3-4-13(10-14)11-16/h3-5,10,12H,6-9H2,1-2H3,(H,17,20). The lowest BCUT2D eigenvalue weighted by Gasteiger charge is -2.35. The summed E-state index contributed by atoms with van der Waals surface area (Å²) in [6.45, 7) is 5.71. The van der Waals surface area contributed by atoms with Gasteiger partial charge >= 0.3 is 0 Å². The number of hydrogen-bond donors (Lipinski definition) is 1. The number of nitrogens with one attached hydrogen (secondary N) is 1. The second-order valence-corrected chi connectivity index (χ2v) is 5.20. The number of nitriles is 1. The number of rotatable bonds is 3. The van der Waals surface area contributed by atoms with Crippen LogP contribution in [0.2, 0.25) is 0 Å². The molecular weight excluding hydrogens is 252 g/mol. The fraction of sp³-hybridized carbons (Fsp3) is 0.467. The van der Waals surface area contributed by atoms with Crippen LogP contribution >= 0.6 is 0 Å². The van der Waals surface area contributed by atoms with Gasteiger partial charge in [0.2, 0.25) is 5.91 Å². The van der Waals surface area contributed by atoms with Crippen LogP contribution in [0.3, 0.4) is 0 Å². The summed E-state index contributed by atoms with van der Waals surface area (Å²) in [7, 11) is 2.09. The highest BCUT2D eigenvalue weighted by Crippen LogP contribution is 2.12. The lowest BCUT2D eigenvalue weighted by molar-refractivity contribution is -0.121. The Bertz CT molecular complexity index is 515. The number of carbonyl (C=O) groups is 1. The van der Waals surface area contributed by atoms with E-state index in [-0.39, 0.29) is 11.9 Å². The molecule has 1 aromatic rings. The highest BCUT2D eigenvalue weighted by molar-refractivity contribution is 5.94. The Balaban J connectivity index is 1.95.